The third kappa shape index (κ3) is 1.85. The second-order valence-corrected chi connectivity index (χ2v) is 5.38. The Hall–Kier alpha value is -1.28. The summed E-state index contributed by atoms with van der Waals surface area (Å²) in [7, 11) is 0. The summed E-state index contributed by atoms with van der Waals surface area (Å²) in [4.78, 5) is 14.2. The highest BCUT2D eigenvalue weighted by atomic mass is 35.5. The Labute approximate surface area is 99.3 Å². The van der Waals surface area contributed by atoms with Gasteiger partial charge in [0.15, 0.2) is 0 Å². The molecule has 16 heavy (non-hydrogen) atoms. The molecule has 0 bridgehead atoms. The van der Waals surface area contributed by atoms with Crippen molar-refractivity contribution in [2.75, 3.05) is 0 Å². The van der Waals surface area contributed by atoms with Crippen LogP contribution in [0.25, 0.3) is 10.8 Å². The lowest BCUT2D eigenvalue weighted by Crippen LogP contribution is -2.12. The summed E-state index contributed by atoms with van der Waals surface area (Å²) in [6, 6.07) is 5.81. The van der Waals surface area contributed by atoms with Gasteiger partial charge in [-0.2, -0.15) is 0 Å². The fraction of sp³-hybridized carbons (Fsp3) is 0.308. The van der Waals surface area contributed by atoms with E-state index in [0.29, 0.717) is 10.4 Å². The topological polar surface area (TPSA) is 32.9 Å². The summed E-state index contributed by atoms with van der Waals surface area (Å²) in [6.45, 7) is 6.40. The fourth-order valence-corrected chi connectivity index (χ4v) is 1.90. The van der Waals surface area contributed by atoms with Gasteiger partial charge in [0.25, 0.3) is 5.56 Å². The quantitative estimate of drug-likeness (QED) is 0.745. The number of rotatable bonds is 0. The highest BCUT2D eigenvalue weighted by Crippen LogP contribution is 2.27. The SMILES string of the molecule is CC(C)(C)c1ccc2c(=O)[nH]cc(Cl)c2c1. The second kappa shape index (κ2) is 3.63. The molecule has 0 aliphatic carbocycles. The molecule has 0 aliphatic rings. The fourth-order valence-electron chi connectivity index (χ4n) is 1.69. The summed E-state index contributed by atoms with van der Waals surface area (Å²) in [5.74, 6) is 0. The largest absolute Gasteiger partial charge is 0.327 e. The van der Waals surface area contributed by atoms with Crippen LogP contribution in [0.15, 0.2) is 29.2 Å². The summed E-state index contributed by atoms with van der Waals surface area (Å²) in [6.07, 6.45) is 1.54. The van der Waals surface area contributed by atoms with Crippen LogP contribution in [0, 0.1) is 0 Å². The van der Waals surface area contributed by atoms with Gasteiger partial charge in [-0.1, -0.05) is 38.4 Å². The minimum absolute atomic E-state index is 0.0557. The molecule has 0 radical (unpaired) electrons. The molecule has 1 heterocycles. The van der Waals surface area contributed by atoms with Crippen molar-refractivity contribution in [1.82, 2.24) is 4.98 Å². The smallest absolute Gasteiger partial charge is 0.255 e. The molecule has 2 nitrogen and oxygen atoms in total. The van der Waals surface area contributed by atoms with Gasteiger partial charge in [-0.25, -0.2) is 0 Å². The molecule has 0 fully saturated rings. The van der Waals surface area contributed by atoms with Crippen LogP contribution in [0.4, 0.5) is 0 Å². The van der Waals surface area contributed by atoms with Crippen LogP contribution in [0.3, 0.4) is 0 Å². The van der Waals surface area contributed by atoms with Gasteiger partial charge in [0.1, 0.15) is 0 Å². The number of nitrogens with one attached hydrogen (secondary N) is 1. The van der Waals surface area contributed by atoms with Crippen LogP contribution >= 0.6 is 11.6 Å². The Kier molecular flexibility index (Phi) is 2.55. The van der Waals surface area contributed by atoms with E-state index in [4.69, 9.17) is 11.6 Å². The van der Waals surface area contributed by atoms with Gasteiger partial charge in [-0.15, -0.1) is 0 Å². The zero-order valence-electron chi connectivity index (χ0n) is 9.60. The van der Waals surface area contributed by atoms with Crippen molar-refractivity contribution in [2.45, 2.75) is 26.2 Å². The van der Waals surface area contributed by atoms with Crippen molar-refractivity contribution in [3.63, 3.8) is 0 Å². The number of fused-ring (bicyclic) bond motifs is 1. The van der Waals surface area contributed by atoms with Crippen LogP contribution in [0.2, 0.25) is 5.02 Å². The van der Waals surface area contributed by atoms with E-state index in [1.54, 1.807) is 6.20 Å². The number of H-pyrrole nitrogens is 1. The lowest BCUT2D eigenvalue weighted by molar-refractivity contribution is 0.591. The molecular weight excluding hydrogens is 222 g/mol. The molecule has 0 aliphatic heterocycles. The molecule has 0 saturated carbocycles. The number of hydrogen-bond acceptors (Lipinski definition) is 1. The van der Waals surface area contributed by atoms with Gasteiger partial charge in [0.2, 0.25) is 0 Å². The average molecular weight is 236 g/mol. The summed E-state index contributed by atoms with van der Waals surface area (Å²) in [5, 5.41) is 2.04. The Morgan fingerprint density at radius 3 is 2.50 bits per heavy atom. The monoisotopic (exact) mass is 235 g/mol. The van der Waals surface area contributed by atoms with Gasteiger partial charge in [-0.3, -0.25) is 4.79 Å². The van der Waals surface area contributed by atoms with Crippen molar-refractivity contribution >= 4 is 22.4 Å². The number of benzene rings is 1. The number of aromatic nitrogens is 1. The van der Waals surface area contributed by atoms with Crippen molar-refractivity contribution in [3.8, 4) is 0 Å². The lowest BCUT2D eigenvalue weighted by atomic mass is 9.86. The summed E-state index contributed by atoms with van der Waals surface area (Å²) in [5.41, 5.74) is 1.13. The number of pyridine rings is 1. The van der Waals surface area contributed by atoms with E-state index < -0.39 is 0 Å². The predicted octanol–water partition coefficient (Wildman–Crippen LogP) is 3.48. The van der Waals surface area contributed by atoms with Crippen LogP contribution < -0.4 is 5.56 Å². The minimum Gasteiger partial charge on any atom is -0.327 e. The normalized spacial score (nSPS) is 12.0. The first-order chi connectivity index (χ1) is 7.39. The maximum absolute atomic E-state index is 11.6. The molecule has 1 aromatic heterocycles. The molecule has 1 N–H and O–H groups in total. The third-order valence-electron chi connectivity index (χ3n) is 2.72. The summed E-state index contributed by atoms with van der Waals surface area (Å²) >= 11 is 6.08. The second-order valence-electron chi connectivity index (χ2n) is 4.98. The van der Waals surface area contributed by atoms with Gasteiger partial charge in [0, 0.05) is 17.0 Å². The van der Waals surface area contributed by atoms with Gasteiger partial charge in [0.05, 0.1) is 5.02 Å². The zero-order chi connectivity index (χ0) is 11.9. The van der Waals surface area contributed by atoms with Crippen molar-refractivity contribution < 1.29 is 0 Å². The van der Waals surface area contributed by atoms with E-state index in [0.717, 1.165) is 5.39 Å². The van der Waals surface area contributed by atoms with E-state index in [1.165, 1.54) is 5.56 Å². The molecule has 3 heteroatoms. The Bertz CT molecular complexity index is 593. The molecule has 0 saturated heterocycles. The third-order valence-corrected chi connectivity index (χ3v) is 3.03. The van der Waals surface area contributed by atoms with Gasteiger partial charge < -0.3 is 4.98 Å². The molecule has 84 valence electrons. The molecule has 2 rings (SSSR count). The van der Waals surface area contributed by atoms with Crippen LogP contribution in [0.1, 0.15) is 26.3 Å². The summed E-state index contributed by atoms with van der Waals surface area (Å²) < 4.78 is 0. The number of halogens is 1. The van der Waals surface area contributed by atoms with Crippen molar-refractivity contribution in [1.29, 1.82) is 0 Å². The molecule has 1 aromatic carbocycles. The Balaban J connectivity index is 2.81. The number of hydrogen-bond donors (Lipinski definition) is 1. The van der Waals surface area contributed by atoms with Crippen molar-refractivity contribution in [2.24, 2.45) is 0 Å². The molecule has 2 aromatic rings. The predicted molar refractivity (Wildman–Crippen MR) is 68.3 cm³/mol. The maximum atomic E-state index is 11.6. The van der Waals surface area contributed by atoms with Crippen LogP contribution in [-0.2, 0) is 5.41 Å². The van der Waals surface area contributed by atoms with Crippen molar-refractivity contribution in [3.05, 3.63) is 45.3 Å². The Morgan fingerprint density at radius 2 is 1.88 bits per heavy atom. The zero-order valence-corrected chi connectivity index (χ0v) is 10.4. The molecule has 0 atom stereocenters. The molecule has 0 amide bonds. The number of aromatic amines is 1. The lowest BCUT2D eigenvalue weighted by Gasteiger charge is -2.19. The van der Waals surface area contributed by atoms with Crippen LogP contribution in [0.5, 0.6) is 0 Å². The first kappa shape index (κ1) is 11.2. The standard InChI is InChI=1S/C13H14ClNO/c1-13(2,3)8-4-5-9-10(6-8)11(14)7-15-12(9)16/h4-7H,1-3H3,(H,15,16). The van der Waals surface area contributed by atoms with Crippen LogP contribution in [-0.4, -0.2) is 4.98 Å². The maximum Gasteiger partial charge on any atom is 0.255 e. The van der Waals surface area contributed by atoms with E-state index in [2.05, 4.69) is 25.8 Å². The highest BCUT2D eigenvalue weighted by molar-refractivity contribution is 6.35. The van der Waals surface area contributed by atoms with E-state index in [-0.39, 0.29) is 11.0 Å². The van der Waals surface area contributed by atoms with E-state index >= 15 is 0 Å². The highest BCUT2D eigenvalue weighted by Gasteiger charge is 2.15. The first-order valence-electron chi connectivity index (χ1n) is 5.21. The van der Waals surface area contributed by atoms with Gasteiger partial charge >= 0.3 is 0 Å². The molecular formula is C13H14ClNO. The van der Waals surface area contributed by atoms with Gasteiger partial charge in [-0.05, 0) is 23.1 Å². The average Bonchev–Trinajstić information content (AvgIpc) is 2.22. The minimum atomic E-state index is -0.0974. The molecule has 0 spiro atoms. The Morgan fingerprint density at radius 1 is 1.19 bits per heavy atom. The molecule has 0 unspecified atom stereocenters. The van der Waals surface area contributed by atoms with E-state index in [9.17, 15) is 4.79 Å². The van der Waals surface area contributed by atoms with E-state index in [1.807, 2.05) is 18.2 Å². The first-order valence-corrected chi connectivity index (χ1v) is 5.59.